The Morgan fingerprint density at radius 3 is 1.77 bits per heavy atom. The monoisotopic (exact) mass is 693 g/mol. The third-order valence-electron chi connectivity index (χ3n) is 8.78. The molecule has 47 heavy (non-hydrogen) atoms. The van der Waals surface area contributed by atoms with Crippen molar-refractivity contribution in [3.8, 4) is 25.6 Å². The van der Waals surface area contributed by atoms with E-state index in [4.69, 9.17) is 4.74 Å². The van der Waals surface area contributed by atoms with Crippen LogP contribution in [-0.2, 0) is 22.4 Å². The number of carbonyl (C=O) groups is 1. The van der Waals surface area contributed by atoms with Crippen LogP contribution in [0.3, 0.4) is 0 Å². The Morgan fingerprint density at radius 1 is 0.681 bits per heavy atom. The number of nitriles is 1. The van der Waals surface area contributed by atoms with Crippen LogP contribution >= 0.6 is 34.0 Å². The minimum atomic E-state index is -0.499. The lowest BCUT2D eigenvalue weighted by molar-refractivity contribution is -0.138. The third kappa shape index (κ3) is 14.1. The summed E-state index contributed by atoms with van der Waals surface area (Å²) in [6.07, 6.45) is 26.1. The highest BCUT2D eigenvalue weighted by Crippen LogP contribution is 2.45. The second-order valence-electron chi connectivity index (χ2n) is 13.0. The predicted octanol–water partition coefficient (Wildman–Crippen LogP) is 14.1. The highest BCUT2D eigenvalue weighted by atomic mass is 32.1. The van der Waals surface area contributed by atoms with Crippen LogP contribution in [0.1, 0.15) is 157 Å². The molecule has 0 aliphatic rings. The van der Waals surface area contributed by atoms with Gasteiger partial charge in [0.05, 0.1) is 6.61 Å². The van der Waals surface area contributed by atoms with Crippen molar-refractivity contribution in [1.29, 1.82) is 5.26 Å². The molecule has 0 aliphatic heterocycles. The number of unbranched alkanes of at least 4 members (excludes halogenated alkanes) is 15. The molecule has 0 aromatic carbocycles. The number of thiophene rings is 3. The first kappa shape index (κ1) is 39.2. The zero-order chi connectivity index (χ0) is 33.7. The van der Waals surface area contributed by atoms with E-state index in [-0.39, 0.29) is 5.57 Å². The number of nitrogens with zero attached hydrogens (tertiary/aromatic N) is 1. The van der Waals surface area contributed by atoms with Gasteiger partial charge in [0, 0.05) is 29.3 Å². The van der Waals surface area contributed by atoms with Crippen LogP contribution in [0.15, 0.2) is 29.8 Å². The summed E-state index contributed by atoms with van der Waals surface area (Å²) in [6.45, 7) is 9.32. The topological polar surface area (TPSA) is 50.1 Å². The second kappa shape index (κ2) is 23.2. The summed E-state index contributed by atoms with van der Waals surface area (Å²) in [5.41, 5.74) is 2.91. The van der Waals surface area contributed by atoms with Crippen molar-refractivity contribution in [2.75, 3.05) is 6.61 Å². The fraction of sp³-hybridized carbons (Fsp3) is 0.610. The SMILES string of the molecule is CCCCCCCCOC(=O)/C(C#N)=C/c1cc(CCCCCCCC)c(-c2cc(CCCCCCCC)c(-c3ccc(C)s3)s2)s1. The molecule has 0 amide bonds. The number of hydrogen-bond donors (Lipinski definition) is 0. The van der Waals surface area contributed by atoms with Crippen molar-refractivity contribution in [3.63, 3.8) is 0 Å². The van der Waals surface area contributed by atoms with Gasteiger partial charge in [-0.1, -0.05) is 117 Å². The van der Waals surface area contributed by atoms with E-state index in [1.807, 2.05) is 22.7 Å². The van der Waals surface area contributed by atoms with Crippen molar-refractivity contribution in [2.24, 2.45) is 0 Å². The van der Waals surface area contributed by atoms with Gasteiger partial charge < -0.3 is 4.74 Å². The molecule has 0 N–H and O–H groups in total. The first-order valence-corrected chi connectivity index (χ1v) is 21.1. The first-order valence-electron chi connectivity index (χ1n) is 18.6. The van der Waals surface area contributed by atoms with Gasteiger partial charge in [0.25, 0.3) is 0 Å². The molecular weight excluding hydrogens is 635 g/mol. The van der Waals surface area contributed by atoms with Crippen molar-refractivity contribution in [3.05, 3.63) is 50.7 Å². The van der Waals surface area contributed by atoms with Crippen molar-refractivity contribution in [2.45, 2.75) is 156 Å². The first-order chi connectivity index (χ1) is 23.0. The zero-order valence-electron chi connectivity index (χ0n) is 29.7. The average molecular weight is 694 g/mol. The number of carbonyl (C=O) groups excluding carboxylic acids is 1. The van der Waals surface area contributed by atoms with Gasteiger partial charge in [0.1, 0.15) is 11.6 Å². The summed E-state index contributed by atoms with van der Waals surface area (Å²) in [7, 11) is 0. The molecule has 0 unspecified atom stereocenters. The van der Waals surface area contributed by atoms with E-state index in [0.29, 0.717) is 6.61 Å². The lowest BCUT2D eigenvalue weighted by Crippen LogP contribution is -2.07. The summed E-state index contributed by atoms with van der Waals surface area (Å²) in [5.74, 6) is -0.499. The number of hydrogen-bond acceptors (Lipinski definition) is 6. The predicted molar refractivity (Wildman–Crippen MR) is 208 cm³/mol. The summed E-state index contributed by atoms with van der Waals surface area (Å²) in [5, 5.41) is 9.90. The van der Waals surface area contributed by atoms with Crippen LogP contribution in [0.4, 0.5) is 0 Å². The normalized spacial score (nSPS) is 11.7. The van der Waals surface area contributed by atoms with E-state index in [1.54, 1.807) is 17.4 Å². The van der Waals surface area contributed by atoms with Gasteiger partial charge in [0.15, 0.2) is 0 Å². The van der Waals surface area contributed by atoms with Gasteiger partial charge in [-0.25, -0.2) is 4.79 Å². The van der Waals surface area contributed by atoms with E-state index in [2.05, 4.69) is 58.0 Å². The molecular formula is C41H59NO2S3. The minimum Gasteiger partial charge on any atom is -0.462 e. The maximum Gasteiger partial charge on any atom is 0.348 e. The van der Waals surface area contributed by atoms with E-state index in [9.17, 15) is 10.1 Å². The Bertz CT molecular complexity index is 1390. The van der Waals surface area contributed by atoms with Crippen LogP contribution in [-0.4, -0.2) is 12.6 Å². The van der Waals surface area contributed by atoms with E-state index >= 15 is 0 Å². The van der Waals surface area contributed by atoms with Gasteiger partial charge in [-0.3, -0.25) is 0 Å². The molecule has 3 aromatic rings. The highest BCUT2D eigenvalue weighted by Gasteiger charge is 2.19. The average Bonchev–Trinajstić information content (AvgIpc) is 3.80. The van der Waals surface area contributed by atoms with E-state index in [0.717, 1.165) is 37.0 Å². The molecule has 0 spiro atoms. The summed E-state index contributed by atoms with van der Waals surface area (Å²) >= 11 is 5.54. The van der Waals surface area contributed by atoms with E-state index in [1.165, 1.54) is 132 Å². The molecule has 0 atom stereocenters. The lowest BCUT2D eigenvalue weighted by Gasteiger charge is -2.03. The number of rotatable bonds is 25. The molecule has 0 saturated heterocycles. The minimum absolute atomic E-state index is 0.0968. The van der Waals surface area contributed by atoms with Crippen molar-refractivity contribution >= 4 is 46.1 Å². The van der Waals surface area contributed by atoms with Crippen LogP contribution < -0.4 is 0 Å². The van der Waals surface area contributed by atoms with Gasteiger partial charge in [0.2, 0.25) is 0 Å². The molecule has 3 nitrogen and oxygen atoms in total. The maximum absolute atomic E-state index is 12.9. The smallest absolute Gasteiger partial charge is 0.348 e. The maximum atomic E-state index is 12.9. The fourth-order valence-corrected chi connectivity index (χ4v) is 9.52. The van der Waals surface area contributed by atoms with Gasteiger partial charge >= 0.3 is 5.97 Å². The van der Waals surface area contributed by atoms with Gasteiger partial charge in [-0.15, -0.1) is 34.0 Å². The largest absolute Gasteiger partial charge is 0.462 e. The van der Waals surface area contributed by atoms with Crippen LogP contribution in [0.2, 0.25) is 0 Å². The van der Waals surface area contributed by atoms with Crippen LogP contribution in [0.25, 0.3) is 25.6 Å². The molecule has 0 aliphatic carbocycles. The Balaban J connectivity index is 1.83. The second-order valence-corrected chi connectivity index (χ2v) is 16.4. The Morgan fingerprint density at radius 2 is 1.21 bits per heavy atom. The molecule has 0 saturated carbocycles. The zero-order valence-corrected chi connectivity index (χ0v) is 32.2. The van der Waals surface area contributed by atoms with E-state index < -0.39 is 5.97 Å². The third-order valence-corrected chi connectivity index (χ3v) is 12.4. The lowest BCUT2D eigenvalue weighted by atomic mass is 10.0. The fourth-order valence-electron chi connectivity index (χ4n) is 6.00. The molecule has 0 bridgehead atoms. The van der Waals surface area contributed by atoms with Crippen molar-refractivity contribution < 1.29 is 9.53 Å². The standard InChI is InChI=1S/C41H59NO2S3/c1-5-8-11-14-17-20-23-33-28-36(29-35(31-42)41(43)44-27-22-19-16-13-10-7-3)46-40(33)38-30-34(24-21-18-15-12-9-6-2)39(47-38)37-26-25-32(4)45-37/h25-26,28-30H,5-24,27H2,1-4H3/b35-29+. The van der Waals surface area contributed by atoms with Gasteiger partial charge in [-0.2, -0.15) is 5.26 Å². The van der Waals surface area contributed by atoms with Crippen LogP contribution in [0, 0.1) is 18.3 Å². The molecule has 258 valence electrons. The highest BCUT2D eigenvalue weighted by molar-refractivity contribution is 7.26. The van der Waals surface area contributed by atoms with Crippen LogP contribution in [0.5, 0.6) is 0 Å². The summed E-state index contributed by atoms with van der Waals surface area (Å²) in [4.78, 5) is 20.6. The van der Waals surface area contributed by atoms with Gasteiger partial charge in [-0.05, 0) is 80.5 Å². The molecule has 3 rings (SSSR count). The quantitative estimate of drug-likeness (QED) is 0.0384. The molecule has 0 fully saturated rings. The number of aryl methyl sites for hydroxylation is 3. The number of esters is 1. The molecule has 3 aromatic heterocycles. The summed E-state index contributed by atoms with van der Waals surface area (Å²) in [6, 6.07) is 11.3. The molecule has 3 heterocycles. The molecule has 6 heteroatoms. The Hall–Kier alpha value is -2.20. The Labute approximate surface area is 298 Å². The Kier molecular flexibility index (Phi) is 19.4. The number of ether oxygens (including phenoxy) is 1. The summed E-state index contributed by atoms with van der Waals surface area (Å²) < 4.78 is 5.52. The van der Waals surface area contributed by atoms with Crippen molar-refractivity contribution in [1.82, 2.24) is 0 Å². The molecule has 0 radical (unpaired) electrons.